The van der Waals surface area contributed by atoms with Gasteiger partial charge in [0.15, 0.2) is 0 Å². The van der Waals surface area contributed by atoms with Crippen molar-refractivity contribution in [2.45, 2.75) is 32.0 Å². The zero-order chi connectivity index (χ0) is 23.9. The minimum absolute atomic E-state index is 0.164. The summed E-state index contributed by atoms with van der Waals surface area (Å²) in [6.45, 7) is 0.865. The largest absolute Gasteiger partial charge is 0.481 e. The van der Waals surface area contributed by atoms with Gasteiger partial charge in [-0.1, -0.05) is 60.7 Å². The lowest BCUT2D eigenvalue weighted by Crippen LogP contribution is -2.42. The van der Waals surface area contributed by atoms with Crippen LogP contribution in [0.1, 0.15) is 33.5 Å². The zero-order valence-corrected chi connectivity index (χ0v) is 18.6. The number of nitrogens with one attached hydrogen (secondary N) is 1. The topological polar surface area (TPSA) is 95.9 Å². The molecule has 7 nitrogen and oxygen atoms in total. The van der Waals surface area contributed by atoms with Gasteiger partial charge >= 0.3 is 11.9 Å². The Bertz CT molecular complexity index is 1160. The van der Waals surface area contributed by atoms with Crippen molar-refractivity contribution in [3.05, 3.63) is 101 Å². The highest BCUT2D eigenvalue weighted by atomic mass is 16.5. The molecule has 1 aliphatic rings. The lowest BCUT2D eigenvalue weighted by atomic mass is 10.1. The number of nitrogens with zero attached hydrogens (tertiary/aromatic N) is 1. The van der Waals surface area contributed by atoms with Crippen LogP contribution in [0.3, 0.4) is 0 Å². The highest BCUT2D eigenvalue weighted by Crippen LogP contribution is 2.26. The Morgan fingerprint density at radius 1 is 0.971 bits per heavy atom. The highest BCUT2D eigenvalue weighted by Gasteiger charge is 2.31. The molecule has 0 bridgehead atoms. The average Bonchev–Trinajstić information content (AvgIpc) is 2.98. The quantitative estimate of drug-likeness (QED) is 0.498. The standard InChI is InChI=1S/C27H26N2O5/c30-25(31)16-24-26(32)29(14-13-19-7-3-1-4-8-19)17-22-15-21(11-12-23(22)28-24)27(33)34-18-20-9-5-2-6-10-20/h1-12,15,24,28H,13-14,16-18H2,(H,30,31)/t24-/m1/s1. The van der Waals surface area contributed by atoms with Crippen molar-refractivity contribution in [1.29, 1.82) is 0 Å². The van der Waals surface area contributed by atoms with Crippen LogP contribution in [0, 0.1) is 0 Å². The van der Waals surface area contributed by atoms with Crippen molar-refractivity contribution in [2.75, 3.05) is 11.9 Å². The lowest BCUT2D eigenvalue weighted by Gasteiger charge is -2.24. The number of rotatable bonds is 8. The van der Waals surface area contributed by atoms with Crippen molar-refractivity contribution in [3.8, 4) is 0 Å². The number of fused-ring (bicyclic) bond motifs is 1. The van der Waals surface area contributed by atoms with Crippen LogP contribution in [-0.2, 0) is 33.9 Å². The number of carboxylic acids is 1. The van der Waals surface area contributed by atoms with Crippen LogP contribution < -0.4 is 5.32 Å². The Labute approximate surface area is 198 Å². The molecule has 0 radical (unpaired) electrons. The number of anilines is 1. The highest BCUT2D eigenvalue weighted by molar-refractivity contribution is 5.92. The molecule has 0 unspecified atom stereocenters. The second-order valence-electron chi connectivity index (χ2n) is 8.22. The van der Waals surface area contributed by atoms with Gasteiger partial charge in [0.2, 0.25) is 5.91 Å². The van der Waals surface area contributed by atoms with Gasteiger partial charge in [0.25, 0.3) is 0 Å². The van der Waals surface area contributed by atoms with E-state index in [1.54, 1.807) is 23.1 Å². The molecule has 1 heterocycles. The first-order valence-corrected chi connectivity index (χ1v) is 11.1. The van der Waals surface area contributed by atoms with Gasteiger partial charge in [0.05, 0.1) is 12.0 Å². The first-order valence-electron chi connectivity index (χ1n) is 11.1. The van der Waals surface area contributed by atoms with Gasteiger partial charge in [0, 0.05) is 18.8 Å². The normalized spacial score (nSPS) is 15.1. The smallest absolute Gasteiger partial charge is 0.338 e. The van der Waals surface area contributed by atoms with E-state index in [2.05, 4.69) is 5.32 Å². The summed E-state index contributed by atoms with van der Waals surface area (Å²) in [5.74, 6) is -1.79. The molecular weight excluding hydrogens is 432 g/mol. The molecule has 0 aromatic heterocycles. The Hall–Kier alpha value is -4.13. The van der Waals surface area contributed by atoms with Gasteiger partial charge in [-0.25, -0.2) is 4.79 Å². The Kier molecular flexibility index (Phi) is 7.22. The van der Waals surface area contributed by atoms with Crippen LogP contribution in [0.4, 0.5) is 5.69 Å². The summed E-state index contributed by atoms with van der Waals surface area (Å²) in [5.41, 5.74) is 3.73. The number of carbonyl (C=O) groups excluding carboxylic acids is 2. The van der Waals surface area contributed by atoms with Crippen LogP contribution in [0.15, 0.2) is 78.9 Å². The summed E-state index contributed by atoms with van der Waals surface area (Å²) in [7, 11) is 0. The van der Waals surface area contributed by atoms with Crippen LogP contribution in [0.2, 0.25) is 0 Å². The van der Waals surface area contributed by atoms with Crippen LogP contribution in [0.5, 0.6) is 0 Å². The molecule has 34 heavy (non-hydrogen) atoms. The maximum atomic E-state index is 13.2. The van der Waals surface area contributed by atoms with Crippen LogP contribution in [0.25, 0.3) is 0 Å². The number of benzene rings is 3. The minimum Gasteiger partial charge on any atom is -0.481 e. The van der Waals surface area contributed by atoms with E-state index < -0.39 is 18.0 Å². The van der Waals surface area contributed by atoms with Crippen LogP contribution in [-0.4, -0.2) is 40.4 Å². The maximum Gasteiger partial charge on any atom is 0.338 e. The lowest BCUT2D eigenvalue weighted by molar-refractivity contribution is -0.141. The van der Waals surface area contributed by atoms with E-state index in [0.717, 1.165) is 16.7 Å². The van der Waals surface area contributed by atoms with E-state index in [9.17, 15) is 19.5 Å². The summed E-state index contributed by atoms with van der Waals surface area (Å²) in [6, 6.07) is 23.4. The predicted octanol–water partition coefficient (Wildman–Crippen LogP) is 3.88. The molecular formula is C27H26N2O5. The molecule has 0 spiro atoms. The van der Waals surface area contributed by atoms with Gasteiger partial charge < -0.3 is 20.1 Å². The number of esters is 1. The molecule has 3 aromatic carbocycles. The summed E-state index contributed by atoms with van der Waals surface area (Å²) in [6.07, 6.45) is 0.307. The Morgan fingerprint density at radius 3 is 2.32 bits per heavy atom. The number of hydrogen-bond acceptors (Lipinski definition) is 5. The van der Waals surface area contributed by atoms with Gasteiger partial charge in [-0.05, 0) is 41.3 Å². The van der Waals surface area contributed by atoms with E-state index in [-0.39, 0.29) is 25.5 Å². The third kappa shape index (κ3) is 5.81. The third-order valence-corrected chi connectivity index (χ3v) is 5.75. The second kappa shape index (κ2) is 10.7. The molecule has 0 saturated heterocycles. The van der Waals surface area contributed by atoms with E-state index in [1.165, 1.54) is 0 Å². The Morgan fingerprint density at radius 2 is 1.65 bits per heavy atom. The molecule has 1 aliphatic heterocycles. The zero-order valence-electron chi connectivity index (χ0n) is 18.6. The predicted molar refractivity (Wildman–Crippen MR) is 127 cm³/mol. The SMILES string of the molecule is O=C(O)C[C@H]1Nc2ccc(C(=O)OCc3ccccc3)cc2CN(CCc2ccccc2)C1=O. The number of aliphatic carboxylic acids is 1. The van der Waals surface area contributed by atoms with Crippen molar-refractivity contribution >= 4 is 23.5 Å². The first-order chi connectivity index (χ1) is 16.5. The molecule has 7 heteroatoms. The molecule has 1 atom stereocenters. The van der Waals surface area contributed by atoms with Gasteiger partial charge in [-0.3, -0.25) is 9.59 Å². The second-order valence-corrected chi connectivity index (χ2v) is 8.22. The molecule has 0 aliphatic carbocycles. The number of carboxylic acid groups (broad SMARTS) is 1. The molecule has 3 aromatic rings. The molecule has 4 rings (SSSR count). The minimum atomic E-state index is -1.06. The Balaban J connectivity index is 1.53. The maximum absolute atomic E-state index is 13.2. The van der Waals surface area contributed by atoms with E-state index in [4.69, 9.17) is 4.74 Å². The van der Waals surface area contributed by atoms with E-state index in [0.29, 0.717) is 24.2 Å². The van der Waals surface area contributed by atoms with E-state index in [1.807, 2.05) is 60.7 Å². The molecule has 1 amide bonds. The van der Waals surface area contributed by atoms with Crippen molar-refractivity contribution < 1.29 is 24.2 Å². The summed E-state index contributed by atoms with van der Waals surface area (Å²) >= 11 is 0. The monoisotopic (exact) mass is 458 g/mol. The molecule has 0 saturated carbocycles. The van der Waals surface area contributed by atoms with E-state index >= 15 is 0 Å². The van der Waals surface area contributed by atoms with Gasteiger partial charge in [-0.15, -0.1) is 0 Å². The first kappa shape index (κ1) is 23.0. The summed E-state index contributed by atoms with van der Waals surface area (Å²) in [4.78, 5) is 38.8. The number of ether oxygens (including phenoxy) is 1. The van der Waals surface area contributed by atoms with Crippen molar-refractivity contribution in [1.82, 2.24) is 4.90 Å². The van der Waals surface area contributed by atoms with Crippen molar-refractivity contribution in [2.24, 2.45) is 0 Å². The summed E-state index contributed by atoms with van der Waals surface area (Å²) in [5, 5.41) is 12.4. The average molecular weight is 459 g/mol. The van der Waals surface area contributed by atoms with Gasteiger partial charge in [-0.2, -0.15) is 0 Å². The third-order valence-electron chi connectivity index (χ3n) is 5.75. The molecule has 2 N–H and O–H groups in total. The molecule has 0 fully saturated rings. The fourth-order valence-corrected chi connectivity index (χ4v) is 3.96. The molecule has 174 valence electrons. The van der Waals surface area contributed by atoms with Crippen LogP contribution >= 0.6 is 0 Å². The van der Waals surface area contributed by atoms with Gasteiger partial charge in [0.1, 0.15) is 12.6 Å². The van der Waals surface area contributed by atoms with Crippen molar-refractivity contribution in [3.63, 3.8) is 0 Å². The number of hydrogen-bond donors (Lipinski definition) is 2. The fourth-order valence-electron chi connectivity index (χ4n) is 3.96. The fraction of sp³-hybridized carbons (Fsp3) is 0.222. The summed E-state index contributed by atoms with van der Waals surface area (Å²) < 4.78 is 5.45. The number of carbonyl (C=O) groups is 3. The number of amides is 1.